The lowest BCUT2D eigenvalue weighted by Gasteiger charge is -2.38. The van der Waals surface area contributed by atoms with Crippen LogP contribution in [0.25, 0.3) is 0 Å². The first kappa shape index (κ1) is 22.5. The summed E-state index contributed by atoms with van der Waals surface area (Å²) in [7, 11) is -0.421. The molecule has 1 aliphatic carbocycles. The molecule has 1 saturated carbocycles. The van der Waals surface area contributed by atoms with Gasteiger partial charge < -0.3 is 14.2 Å². The van der Waals surface area contributed by atoms with Crippen molar-refractivity contribution >= 4 is 15.8 Å². The Labute approximate surface area is 187 Å². The van der Waals surface area contributed by atoms with Gasteiger partial charge in [-0.3, -0.25) is 9.18 Å². The number of ether oxygens (including phenoxy) is 3. The van der Waals surface area contributed by atoms with Gasteiger partial charge in [-0.05, 0) is 43.9 Å². The van der Waals surface area contributed by atoms with Crippen molar-refractivity contribution in [2.45, 2.75) is 44.2 Å². The summed E-state index contributed by atoms with van der Waals surface area (Å²) in [4.78, 5) is 13.5. The van der Waals surface area contributed by atoms with Gasteiger partial charge in [0.1, 0.15) is 0 Å². The van der Waals surface area contributed by atoms with Crippen LogP contribution in [0.15, 0.2) is 29.5 Å². The van der Waals surface area contributed by atoms with E-state index in [0.717, 1.165) is 28.7 Å². The maximum atomic E-state index is 11.7. The Balaban J connectivity index is 1.80. The molecule has 172 valence electrons. The fraction of sp³-hybridized carbons (Fsp3) is 0.500. The second-order valence-corrected chi connectivity index (χ2v) is 9.47. The number of rotatable bonds is 7. The van der Waals surface area contributed by atoms with E-state index in [1.54, 1.807) is 19.5 Å². The number of benzene rings is 1. The first-order valence-corrected chi connectivity index (χ1v) is 12.3. The van der Waals surface area contributed by atoms with Crippen LogP contribution < -0.4 is 14.2 Å². The van der Waals surface area contributed by atoms with Crippen molar-refractivity contribution in [2.75, 3.05) is 27.1 Å². The quantitative estimate of drug-likeness (QED) is 0.579. The fourth-order valence-corrected chi connectivity index (χ4v) is 5.13. The summed E-state index contributed by atoms with van der Waals surface area (Å²) in [5.41, 5.74) is 3.46. The Bertz CT molecular complexity index is 1120. The van der Waals surface area contributed by atoms with Crippen LogP contribution in [0.5, 0.6) is 17.5 Å². The van der Waals surface area contributed by atoms with Gasteiger partial charge in [0.05, 0.1) is 44.9 Å². The van der Waals surface area contributed by atoms with E-state index in [2.05, 4.69) is 9.97 Å². The third-order valence-corrected chi connectivity index (χ3v) is 6.37. The van der Waals surface area contributed by atoms with Gasteiger partial charge in [-0.1, -0.05) is 0 Å². The summed E-state index contributed by atoms with van der Waals surface area (Å²) in [6.45, 7) is 2.41. The molecule has 9 nitrogen and oxygen atoms in total. The molecule has 1 aliphatic heterocycles. The molecule has 0 radical (unpaired) electrons. The number of methoxy groups -OCH3 is 2. The number of nitrogens with zero attached hydrogens (tertiary/aromatic N) is 3. The first-order valence-electron chi connectivity index (χ1n) is 10.5. The summed E-state index contributed by atoms with van der Waals surface area (Å²) in [5, 5.41) is 0. The zero-order chi connectivity index (χ0) is 22.9. The zero-order valence-corrected chi connectivity index (χ0v) is 19.4. The molecule has 0 amide bonds. The molecule has 1 fully saturated rings. The van der Waals surface area contributed by atoms with E-state index in [4.69, 9.17) is 23.4 Å². The molecular weight excluding hydrogens is 434 g/mol. The van der Waals surface area contributed by atoms with E-state index in [-0.39, 0.29) is 24.1 Å². The maximum absolute atomic E-state index is 11.7. The third kappa shape index (κ3) is 4.56. The molecule has 2 aromatic rings. The predicted molar refractivity (Wildman–Crippen MR) is 118 cm³/mol. The van der Waals surface area contributed by atoms with Crippen LogP contribution in [-0.2, 0) is 14.3 Å². The van der Waals surface area contributed by atoms with Crippen molar-refractivity contribution in [1.29, 1.82) is 0 Å². The lowest BCUT2D eigenvalue weighted by molar-refractivity contribution is 0.141. The van der Waals surface area contributed by atoms with Crippen LogP contribution in [0.3, 0.4) is 0 Å². The Hall–Kier alpha value is -2.72. The average molecular weight is 462 g/mol. The second-order valence-electron chi connectivity index (χ2n) is 7.87. The highest BCUT2D eigenvalue weighted by molar-refractivity contribution is 7.86. The van der Waals surface area contributed by atoms with Gasteiger partial charge >= 0.3 is 6.01 Å². The van der Waals surface area contributed by atoms with Gasteiger partial charge in [0.25, 0.3) is 10.1 Å². The molecule has 4 rings (SSSR count). The molecular formula is C22H27N3O6S. The van der Waals surface area contributed by atoms with Crippen LogP contribution in [0.4, 0.5) is 0 Å². The highest BCUT2D eigenvalue weighted by Crippen LogP contribution is 2.45. The van der Waals surface area contributed by atoms with E-state index in [0.29, 0.717) is 37.4 Å². The monoisotopic (exact) mass is 461 g/mol. The molecule has 3 atom stereocenters. The molecule has 1 aromatic heterocycles. The zero-order valence-electron chi connectivity index (χ0n) is 18.6. The molecule has 32 heavy (non-hydrogen) atoms. The van der Waals surface area contributed by atoms with E-state index in [1.165, 1.54) is 7.11 Å². The van der Waals surface area contributed by atoms with Gasteiger partial charge in [-0.2, -0.15) is 8.42 Å². The topological polar surface area (TPSA) is 109 Å². The van der Waals surface area contributed by atoms with Crippen molar-refractivity contribution < 1.29 is 26.8 Å². The summed E-state index contributed by atoms with van der Waals surface area (Å²) in [5.74, 6) is 1.25. The third-order valence-electron chi connectivity index (χ3n) is 5.75. The first-order chi connectivity index (χ1) is 15.3. The summed E-state index contributed by atoms with van der Waals surface area (Å²) >= 11 is 0. The van der Waals surface area contributed by atoms with E-state index >= 15 is 0 Å². The minimum Gasteiger partial charge on any atom is -0.493 e. The minimum atomic E-state index is -3.54. The number of hydrogen-bond donors (Lipinski definition) is 0. The highest BCUT2D eigenvalue weighted by Gasteiger charge is 2.39. The molecule has 2 heterocycles. The minimum absolute atomic E-state index is 0.00136. The van der Waals surface area contributed by atoms with Crippen LogP contribution >= 0.6 is 0 Å². The van der Waals surface area contributed by atoms with Gasteiger partial charge in [0.15, 0.2) is 11.5 Å². The number of hydrogen-bond acceptors (Lipinski definition) is 9. The standard InChI is InChI=1S/C22H27N3O6S/c1-5-30-20-9-15-16-8-14(31-32(4,26)27)6-7-18(16)25-21(17(15)10-19(20)28-2)13-11-23-22(29-3)24-12-13/h9-12,14,16,18H,5-8H2,1-4H3/t14-,16-,18-/m1/s1. The number of fused-ring (bicyclic) bond motifs is 3. The Morgan fingerprint density at radius 3 is 2.44 bits per heavy atom. The van der Waals surface area contributed by atoms with Crippen molar-refractivity contribution in [3.63, 3.8) is 0 Å². The van der Waals surface area contributed by atoms with Crippen molar-refractivity contribution in [3.8, 4) is 17.5 Å². The van der Waals surface area contributed by atoms with Crippen molar-refractivity contribution in [1.82, 2.24) is 9.97 Å². The Morgan fingerprint density at radius 2 is 1.81 bits per heavy atom. The Kier molecular flexibility index (Phi) is 6.34. The molecule has 0 saturated heterocycles. The van der Waals surface area contributed by atoms with E-state index < -0.39 is 10.1 Å². The SMILES string of the molecule is CCOc1cc2c(cc1OC)C(c1cnc(OC)nc1)=N[C@@H]1CC[C@@H](OS(C)(=O)=O)C[C@H]21. The molecule has 1 aromatic carbocycles. The smallest absolute Gasteiger partial charge is 0.316 e. The molecule has 0 bridgehead atoms. The lowest BCUT2D eigenvalue weighted by atomic mass is 9.74. The van der Waals surface area contributed by atoms with Crippen molar-refractivity contribution in [2.24, 2.45) is 4.99 Å². The normalized spacial score (nSPS) is 22.4. The molecule has 0 unspecified atom stereocenters. The van der Waals surface area contributed by atoms with Crippen molar-refractivity contribution in [3.05, 3.63) is 41.2 Å². The number of aliphatic imine (C=N–C) groups is 1. The largest absolute Gasteiger partial charge is 0.493 e. The highest BCUT2D eigenvalue weighted by atomic mass is 32.2. The average Bonchev–Trinajstić information content (AvgIpc) is 2.77. The molecule has 0 spiro atoms. The molecule has 2 aliphatic rings. The predicted octanol–water partition coefficient (Wildman–Crippen LogP) is 2.72. The summed E-state index contributed by atoms with van der Waals surface area (Å²) < 4.78 is 45.2. The van der Waals surface area contributed by atoms with Gasteiger partial charge in [-0.15, -0.1) is 0 Å². The fourth-order valence-electron chi connectivity index (χ4n) is 4.46. The van der Waals surface area contributed by atoms with E-state index in [9.17, 15) is 8.42 Å². The molecule has 10 heteroatoms. The summed E-state index contributed by atoms with van der Waals surface area (Å²) in [6.07, 6.45) is 5.98. The van der Waals surface area contributed by atoms with Crippen LogP contribution in [-0.4, -0.2) is 63.3 Å². The van der Waals surface area contributed by atoms with Gasteiger partial charge in [-0.25, -0.2) is 9.97 Å². The molecule has 0 N–H and O–H groups in total. The van der Waals surface area contributed by atoms with Crippen LogP contribution in [0.1, 0.15) is 48.8 Å². The maximum Gasteiger partial charge on any atom is 0.316 e. The second kappa shape index (κ2) is 9.03. The Morgan fingerprint density at radius 1 is 1.06 bits per heavy atom. The lowest BCUT2D eigenvalue weighted by Crippen LogP contribution is -2.36. The summed E-state index contributed by atoms with van der Waals surface area (Å²) in [6, 6.07) is 4.17. The van der Waals surface area contributed by atoms with Crippen LogP contribution in [0.2, 0.25) is 0 Å². The van der Waals surface area contributed by atoms with Crippen LogP contribution in [0, 0.1) is 0 Å². The van der Waals surface area contributed by atoms with Gasteiger partial charge in [0.2, 0.25) is 0 Å². The number of aromatic nitrogens is 2. The van der Waals surface area contributed by atoms with Gasteiger partial charge in [0, 0.05) is 29.4 Å². The van der Waals surface area contributed by atoms with E-state index in [1.807, 2.05) is 19.1 Å².